The Labute approximate surface area is 147 Å². The van der Waals surface area contributed by atoms with Crippen molar-refractivity contribution in [1.82, 2.24) is 15.3 Å². The van der Waals surface area contributed by atoms with Crippen molar-refractivity contribution in [3.8, 4) is 6.07 Å². The maximum Gasteiger partial charge on any atom is 0.225 e. The van der Waals surface area contributed by atoms with Crippen molar-refractivity contribution in [2.45, 2.75) is 25.8 Å². The Morgan fingerprint density at radius 3 is 2.72 bits per heavy atom. The van der Waals surface area contributed by atoms with Gasteiger partial charge < -0.3 is 10.2 Å². The molecular formula is C19H21N5O. The SMILES string of the molecule is CC(NC(=O)C1CCCN(c2ncccn2)C1)c1ccc(C#N)cc1. The van der Waals surface area contributed by atoms with Gasteiger partial charge in [0.25, 0.3) is 0 Å². The van der Waals surface area contributed by atoms with E-state index in [0.717, 1.165) is 24.9 Å². The molecule has 2 atom stereocenters. The van der Waals surface area contributed by atoms with Crippen LogP contribution in [0.25, 0.3) is 0 Å². The fourth-order valence-corrected chi connectivity index (χ4v) is 3.09. The summed E-state index contributed by atoms with van der Waals surface area (Å²) < 4.78 is 0. The van der Waals surface area contributed by atoms with E-state index >= 15 is 0 Å². The highest BCUT2D eigenvalue weighted by Gasteiger charge is 2.27. The zero-order valence-corrected chi connectivity index (χ0v) is 14.2. The van der Waals surface area contributed by atoms with Crippen molar-refractivity contribution in [2.24, 2.45) is 5.92 Å². The number of amides is 1. The normalized spacial score (nSPS) is 18.2. The molecule has 6 nitrogen and oxygen atoms in total. The van der Waals surface area contributed by atoms with Gasteiger partial charge in [0, 0.05) is 25.5 Å². The molecule has 0 bridgehead atoms. The maximum atomic E-state index is 12.7. The summed E-state index contributed by atoms with van der Waals surface area (Å²) >= 11 is 0. The van der Waals surface area contributed by atoms with Gasteiger partial charge in [-0.25, -0.2) is 9.97 Å². The zero-order valence-electron chi connectivity index (χ0n) is 14.2. The summed E-state index contributed by atoms with van der Waals surface area (Å²) in [7, 11) is 0. The van der Waals surface area contributed by atoms with E-state index in [9.17, 15) is 4.79 Å². The van der Waals surface area contributed by atoms with Gasteiger partial charge in [-0.2, -0.15) is 5.26 Å². The first-order valence-electron chi connectivity index (χ1n) is 8.50. The molecule has 1 saturated heterocycles. The summed E-state index contributed by atoms with van der Waals surface area (Å²) in [6, 6.07) is 11.1. The number of nitriles is 1. The number of nitrogens with one attached hydrogen (secondary N) is 1. The molecule has 25 heavy (non-hydrogen) atoms. The van der Waals surface area contributed by atoms with E-state index in [0.29, 0.717) is 18.1 Å². The number of hydrogen-bond acceptors (Lipinski definition) is 5. The van der Waals surface area contributed by atoms with Crippen LogP contribution >= 0.6 is 0 Å². The Kier molecular flexibility index (Phi) is 5.24. The average Bonchev–Trinajstić information content (AvgIpc) is 2.68. The fourth-order valence-electron chi connectivity index (χ4n) is 3.09. The Morgan fingerprint density at radius 2 is 2.04 bits per heavy atom. The van der Waals surface area contributed by atoms with Gasteiger partial charge in [0.05, 0.1) is 23.6 Å². The molecule has 1 aliphatic heterocycles. The van der Waals surface area contributed by atoms with Crippen LogP contribution < -0.4 is 10.2 Å². The summed E-state index contributed by atoms with van der Waals surface area (Å²) in [5.41, 5.74) is 1.61. The number of aromatic nitrogens is 2. The van der Waals surface area contributed by atoms with Crippen molar-refractivity contribution >= 4 is 11.9 Å². The van der Waals surface area contributed by atoms with Crippen LogP contribution in [0.2, 0.25) is 0 Å². The molecule has 2 aromatic rings. The lowest BCUT2D eigenvalue weighted by molar-refractivity contribution is -0.125. The Balaban J connectivity index is 1.61. The predicted molar refractivity (Wildman–Crippen MR) is 94.7 cm³/mol. The number of hydrogen-bond donors (Lipinski definition) is 1. The van der Waals surface area contributed by atoms with Gasteiger partial charge >= 0.3 is 0 Å². The fraction of sp³-hybridized carbons (Fsp3) is 0.368. The first kappa shape index (κ1) is 16.9. The molecule has 1 fully saturated rings. The van der Waals surface area contributed by atoms with Crippen molar-refractivity contribution in [1.29, 1.82) is 5.26 Å². The molecule has 1 aromatic carbocycles. The highest BCUT2D eigenvalue weighted by Crippen LogP contribution is 2.21. The molecule has 6 heteroatoms. The van der Waals surface area contributed by atoms with Crippen molar-refractivity contribution in [3.63, 3.8) is 0 Å². The highest BCUT2D eigenvalue weighted by atomic mass is 16.2. The number of carbonyl (C=O) groups excluding carboxylic acids is 1. The number of anilines is 1. The minimum atomic E-state index is -0.0939. The van der Waals surface area contributed by atoms with E-state index in [-0.39, 0.29) is 17.9 Å². The highest BCUT2D eigenvalue weighted by molar-refractivity contribution is 5.80. The first-order valence-corrected chi connectivity index (χ1v) is 8.50. The lowest BCUT2D eigenvalue weighted by Gasteiger charge is -2.32. The molecule has 128 valence electrons. The van der Waals surface area contributed by atoms with Crippen LogP contribution in [-0.2, 0) is 4.79 Å². The molecule has 0 spiro atoms. The first-order chi connectivity index (χ1) is 12.2. The molecule has 2 unspecified atom stereocenters. The van der Waals surface area contributed by atoms with Gasteiger partial charge in [-0.05, 0) is 43.5 Å². The standard InChI is InChI=1S/C19H21N5O/c1-14(16-7-5-15(12-20)6-8-16)23-18(25)17-4-2-11-24(13-17)19-21-9-3-10-22-19/h3,5-10,14,17H,2,4,11,13H2,1H3,(H,23,25). The van der Waals surface area contributed by atoms with Gasteiger partial charge in [-0.3, -0.25) is 4.79 Å². The van der Waals surface area contributed by atoms with Crippen LogP contribution in [0.1, 0.15) is 36.9 Å². The maximum absolute atomic E-state index is 12.7. The molecule has 0 radical (unpaired) electrons. The van der Waals surface area contributed by atoms with E-state index in [2.05, 4.69) is 26.3 Å². The number of piperidine rings is 1. The average molecular weight is 335 g/mol. The van der Waals surface area contributed by atoms with Crippen LogP contribution in [0.4, 0.5) is 5.95 Å². The topological polar surface area (TPSA) is 81.9 Å². The lowest BCUT2D eigenvalue weighted by Crippen LogP contribution is -2.44. The number of rotatable bonds is 4. The van der Waals surface area contributed by atoms with Gasteiger partial charge in [0.2, 0.25) is 11.9 Å². The molecule has 1 aliphatic rings. The van der Waals surface area contributed by atoms with Crippen molar-refractivity contribution in [2.75, 3.05) is 18.0 Å². The summed E-state index contributed by atoms with van der Waals surface area (Å²) in [5.74, 6) is 0.663. The van der Waals surface area contributed by atoms with Gasteiger partial charge in [0.1, 0.15) is 0 Å². The van der Waals surface area contributed by atoms with E-state index < -0.39 is 0 Å². The van der Waals surface area contributed by atoms with Gasteiger partial charge in [0.15, 0.2) is 0 Å². The molecule has 1 amide bonds. The van der Waals surface area contributed by atoms with Gasteiger partial charge in [-0.1, -0.05) is 12.1 Å². The molecule has 0 saturated carbocycles. The second-order valence-electron chi connectivity index (χ2n) is 6.30. The van der Waals surface area contributed by atoms with E-state index in [1.54, 1.807) is 30.6 Å². The molecule has 1 aromatic heterocycles. The third-order valence-corrected chi connectivity index (χ3v) is 4.53. The molecule has 0 aliphatic carbocycles. The Morgan fingerprint density at radius 1 is 1.32 bits per heavy atom. The monoisotopic (exact) mass is 335 g/mol. The lowest BCUT2D eigenvalue weighted by atomic mass is 9.96. The second-order valence-corrected chi connectivity index (χ2v) is 6.30. The number of nitrogens with zero attached hydrogens (tertiary/aromatic N) is 4. The van der Waals surface area contributed by atoms with Crippen LogP contribution in [0.15, 0.2) is 42.7 Å². The third kappa shape index (κ3) is 4.13. The molecular weight excluding hydrogens is 314 g/mol. The Bertz CT molecular complexity index is 754. The van der Waals surface area contributed by atoms with E-state index in [4.69, 9.17) is 5.26 Å². The largest absolute Gasteiger partial charge is 0.349 e. The minimum absolute atomic E-state index is 0.0532. The Hall–Kier alpha value is -2.94. The van der Waals surface area contributed by atoms with Crippen LogP contribution in [0.5, 0.6) is 0 Å². The number of benzene rings is 1. The predicted octanol–water partition coefficient (Wildman–Crippen LogP) is 2.44. The summed E-state index contributed by atoms with van der Waals surface area (Å²) in [4.78, 5) is 23.3. The van der Waals surface area contributed by atoms with Crippen LogP contribution in [-0.4, -0.2) is 29.0 Å². The van der Waals surface area contributed by atoms with Gasteiger partial charge in [-0.15, -0.1) is 0 Å². The van der Waals surface area contributed by atoms with Crippen molar-refractivity contribution < 1.29 is 4.79 Å². The third-order valence-electron chi connectivity index (χ3n) is 4.53. The molecule has 1 N–H and O–H groups in total. The van der Waals surface area contributed by atoms with Crippen molar-refractivity contribution in [3.05, 3.63) is 53.9 Å². The minimum Gasteiger partial charge on any atom is -0.349 e. The van der Waals surface area contributed by atoms with E-state index in [1.165, 1.54) is 0 Å². The molecule has 3 rings (SSSR count). The summed E-state index contributed by atoms with van der Waals surface area (Å²) in [5, 5.41) is 12.0. The summed E-state index contributed by atoms with van der Waals surface area (Å²) in [6.07, 6.45) is 5.26. The smallest absolute Gasteiger partial charge is 0.225 e. The summed E-state index contributed by atoms with van der Waals surface area (Å²) in [6.45, 7) is 3.47. The van der Waals surface area contributed by atoms with Crippen LogP contribution in [0, 0.1) is 17.2 Å². The number of carbonyl (C=O) groups is 1. The van der Waals surface area contributed by atoms with Crippen LogP contribution in [0.3, 0.4) is 0 Å². The van der Waals surface area contributed by atoms with E-state index in [1.807, 2.05) is 19.1 Å². The second kappa shape index (κ2) is 7.75. The zero-order chi connectivity index (χ0) is 17.6. The molecule has 2 heterocycles. The quantitative estimate of drug-likeness (QED) is 0.928.